The van der Waals surface area contributed by atoms with E-state index in [2.05, 4.69) is 76.3 Å². The lowest BCUT2D eigenvalue weighted by Crippen LogP contribution is -2.45. The molecule has 0 aliphatic rings. The van der Waals surface area contributed by atoms with Crippen molar-refractivity contribution in [3.63, 3.8) is 0 Å². The summed E-state index contributed by atoms with van der Waals surface area (Å²) in [5.74, 6) is 0.770. The zero-order valence-electron chi connectivity index (χ0n) is 11.9. The predicted molar refractivity (Wildman–Crippen MR) is 81.6 cm³/mol. The van der Waals surface area contributed by atoms with Gasteiger partial charge in [-0.15, -0.1) is 0 Å². The summed E-state index contributed by atoms with van der Waals surface area (Å²) >= 11 is 0. The Hall–Kier alpha value is -0.823. The number of benzene rings is 1. The van der Waals surface area contributed by atoms with E-state index >= 15 is 0 Å². The standard InChI is InChI=1S/C16H26Si/c1-6-10-16(13-14(2)3)17(4,5)15-11-8-7-9-12-15/h6-12,14,16H,13H2,1-5H3/b10-6-. The van der Waals surface area contributed by atoms with Crippen LogP contribution in [-0.2, 0) is 0 Å². The Balaban J connectivity index is 2.99. The Morgan fingerprint density at radius 1 is 1.12 bits per heavy atom. The van der Waals surface area contributed by atoms with Crippen molar-refractivity contribution in [1.82, 2.24) is 0 Å². The lowest BCUT2D eigenvalue weighted by atomic mass is 10.1. The lowest BCUT2D eigenvalue weighted by molar-refractivity contribution is 0.586. The third kappa shape index (κ3) is 3.85. The summed E-state index contributed by atoms with van der Waals surface area (Å²) in [6, 6.07) is 11.1. The minimum atomic E-state index is -1.38. The van der Waals surface area contributed by atoms with Crippen LogP contribution in [0.3, 0.4) is 0 Å². The van der Waals surface area contributed by atoms with Crippen LogP contribution in [0.5, 0.6) is 0 Å². The van der Waals surface area contributed by atoms with Gasteiger partial charge in [0.2, 0.25) is 0 Å². The van der Waals surface area contributed by atoms with E-state index in [-0.39, 0.29) is 0 Å². The van der Waals surface area contributed by atoms with E-state index in [1.807, 2.05) is 0 Å². The van der Waals surface area contributed by atoms with Gasteiger partial charge in [0.25, 0.3) is 0 Å². The molecule has 94 valence electrons. The molecular weight excluding hydrogens is 220 g/mol. The quantitative estimate of drug-likeness (QED) is 0.526. The molecule has 0 saturated carbocycles. The van der Waals surface area contributed by atoms with Gasteiger partial charge in [0, 0.05) is 0 Å². The van der Waals surface area contributed by atoms with Crippen molar-refractivity contribution in [3.05, 3.63) is 42.5 Å². The van der Waals surface area contributed by atoms with Gasteiger partial charge < -0.3 is 0 Å². The summed E-state index contributed by atoms with van der Waals surface area (Å²) in [6.07, 6.45) is 5.96. The van der Waals surface area contributed by atoms with E-state index in [9.17, 15) is 0 Å². The second-order valence-electron chi connectivity index (χ2n) is 5.85. The van der Waals surface area contributed by atoms with Crippen LogP contribution >= 0.6 is 0 Å². The highest BCUT2D eigenvalue weighted by Gasteiger charge is 2.31. The number of allylic oxidation sites excluding steroid dienone is 2. The molecule has 1 rings (SSSR count). The fourth-order valence-corrected chi connectivity index (χ4v) is 5.65. The van der Waals surface area contributed by atoms with Gasteiger partial charge in [0.15, 0.2) is 0 Å². The topological polar surface area (TPSA) is 0 Å². The molecule has 0 nitrogen and oxygen atoms in total. The second kappa shape index (κ2) is 6.20. The molecule has 0 aromatic heterocycles. The third-order valence-electron chi connectivity index (χ3n) is 3.59. The molecule has 0 spiro atoms. The summed E-state index contributed by atoms with van der Waals surface area (Å²) in [5, 5.41) is 1.57. The molecule has 0 bridgehead atoms. The van der Waals surface area contributed by atoms with Gasteiger partial charge in [-0.1, -0.05) is 74.6 Å². The minimum absolute atomic E-state index is 0.745. The maximum absolute atomic E-state index is 2.50. The molecule has 0 radical (unpaired) electrons. The summed E-state index contributed by atoms with van der Waals surface area (Å²) in [5.41, 5.74) is 0.745. The van der Waals surface area contributed by atoms with E-state index in [0.717, 1.165) is 11.5 Å². The first-order valence-electron chi connectivity index (χ1n) is 6.66. The Morgan fingerprint density at radius 2 is 1.71 bits per heavy atom. The summed E-state index contributed by atoms with van der Waals surface area (Å²) in [6.45, 7) is 11.8. The number of hydrogen-bond donors (Lipinski definition) is 0. The van der Waals surface area contributed by atoms with Crippen molar-refractivity contribution >= 4 is 13.3 Å². The van der Waals surface area contributed by atoms with Crippen LogP contribution in [0.1, 0.15) is 27.2 Å². The molecule has 1 aromatic rings. The maximum Gasteiger partial charge on any atom is 0.0873 e. The van der Waals surface area contributed by atoms with Gasteiger partial charge in [-0.3, -0.25) is 0 Å². The molecule has 1 heteroatoms. The maximum atomic E-state index is 2.50. The molecule has 0 N–H and O–H groups in total. The van der Waals surface area contributed by atoms with E-state index in [1.54, 1.807) is 5.19 Å². The van der Waals surface area contributed by atoms with Crippen LogP contribution in [0.4, 0.5) is 0 Å². The molecule has 1 aromatic carbocycles. The van der Waals surface area contributed by atoms with Crippen LogP contribution in [0.2, 0.25) is 18.6 Å². The fourth-order valence-electron chi connectivity index (χ4n) is 2.44. The van der Waals surface area contributed by atoms with Crippen LogP contribution < -0.4 is 5.19 Å². The highest BCUT2D eigenvalue weighted by Crippen LogP contribution is 2.30. The Bertz CT molecular complexity index is 349. The Kier molecular flexibility index (Phi) is 5.19. The first kappa shape index (κ1) is 14.2. The molecule has 0 aliphatic heterocycles. The molecule has 0 fully saturated rings. The lowest BCUT2D eigenvalue weighted by Gasteiger charge is -2.32. The highest BCUT2D eigenvalue weighted by atomic mass is 28.3. The van der Waals surface area contributed by atoms with Crippen molar-refractivity contribution in [2.45, 2.75) is 45.8 Å². The van der Waals surface area contributed by atoms with E-state index in [1.165, 1.54) is 6.42 Å². The average molecular weight is 246 g/mol. The summed E-state index contributed by atoms with van der Waals surface area (Å²) in [4.78, 5) is 0. The van der Waals surface area contributed by atoms with Crippen molar-refractivity contribution < 1.29 is 0 Å². The van der Waals surface area contributed by atoms with Gasteiger partial charge in [0.05, 0.1) is 8.07 Å². The highest BCUT2D eigenvalue weighted by molar-refractivity contribution is 6.91. The zero-order chi connectivity index (χ0) is 12.9. The van der Waals surface area contributed by atoms with Gasteiger partial charge in [-0.2, -0.15) is 0 Å². The Morgan fingerprint density at radius 3 is 2.18 bits per heavy atom. The monoisotopic (exact) mass is 246 g/mol. The van der Waals surface area contributed by atoms with Crippen molar-refractivity contribution in [3.8, 4) is 0 Å². The van der Waals surface area contributed by atoms with E-state index < -0.39 is 8.07 Å². The van der Waals surface area contributed by atoms with Gasteiger partial charge in [-0.05, 0) is 24.8 Å². The smallest absolute Gasteiger partial charge is 0.0873 e. The minimum Gasteiger partial charge on any atom is -0.0917 e. The van der Waals surface area contributed by atoms with Crippen molar-refractivity contribution in [1.29, 1.82) is 0 Å². The van der Waals surface area contributed by atoms with Gasteiger partial charge in [0.1, 0.15) is 0 Å². The molecule has 0 amide bonds. The SMILES string of the molecule is C/C=C\C(CC(C)C)[Si](C)(C)c1ccccc1. The molecule has 0 heterocycles. The van der Waals surface area contributed by atoms with Crippen LogP contribution in [0.15, 0.2) is 42.5 Å². The number of rotatable bonds is 5. The molecule has 1 atom stereocenters. The Labute approximate surface area is 108 Å². The van der Waals surface area contributed by atoms with E-state index in [0.29, 0.717) is 0 Å². The zero-order valence-corrected chi connectivity index (χ0v) is 12.9. The molecular formula is C16H26Si. The molecule has 17 heavy (non-hydrogen) atoms. The first-order valence-corrected chi connectivity index (χ1v) is 9.74. The van der Waals surface area contributed by atoms with Gasteiger partial charge >= 0.3 is 0 Å². The predicted octanol–water partition coefficient (Wildman–Crippen LogP) is 4.59. The molecule has 0 saturated heterocycles. The van der Waals surface area contributed by atoms with Crippen molar-refractivity contribution in [2.24, 2.45) is 5.92 Å². The van der Waals surface area contributed by atoms with E-state index in [4.69, 9.17) is 0 Å². The summed E-state index contributed by atoms with van der Waals surface area (Å²) in [7, 11) is -1.38. The second-order valence-corrected chi connectivity index (χ2v) is 10.6. The third-order valence-corrected chi connectivity index (χ3v) is 7.70. The normalized spacial score (nSPS) is 14.5. The van der Waals surface area contributed by atoms with Gasteiger partial charge in [-0.25, -0.2) is 0 Å². The fraction of sp³-hybridized carbons (Fsp3) is 0.500. The number of hydrogen-bond acceptors (Lipinski definition) is 0. The van der Waals surface area contributed by atoms with Crippen LogP contribution in [0, 0.1) is 5.92 Å². The molecule has 0 aliphatic carbocycles. The largest absolute Gasteiger partial charge is 0.0917 e. The molecule has 1 unspecified atom stereocenters. The first-order chi connectivity index (χ1) is 7.98. The van der Waals surface area contributed by atoms with Crippen molar-refractivity contribution in [2.75, 3.05) is 0 Å². The average Bonchev–Trinajstić information content (AvgIpc) is 2.29. The van der Waals surface area contributed by atoms with Crippen LogP contribution in [-0.4, -0.2) is 8.07 Å². The summed E-state index contributed by atoms with van der Waals surface area (Å²) < 4.78 is 0. The van der Waals surface area contributed by atoms with Crippen LogP contribution in [0.25, 0.3) is 0 Å².